The Balaban J connectivity index is 2.90. The largest absolute Gasteiger partial charge is 0.465 e. The molecular formula is C9H13NO4S2. The van der Waals surface area contributed by atoms with Crippen LogP contribution < -0.4 is 4.72 Å². The van der Waals surface area contributed by atoms with Gasteiger partial charge in [-0.2, -0.15) is 0 Å². The number of esters is 1. The molecule has 0 saturated heterocycles. The summed E-state index contributed by atoms with van der Waals surface area (Å²) in [5.74, 6) is -0.507. The van der Waals surface area contributed by atoms with Gasteiger partial charge >= 0.3 is 5.97 Å². The summed E-state index contributed by atoms with van der Waals surface area (Å²) >= 11 is 1.14. The molecule has 1 aromatic heterocycles. The van der Waals surface area contributed by atoms with Crippen LogP contribution in [0.4, 0.5) is 5.69 Å². The first-order chi connectivity index (χ1) is 7.50. The van der Waals surface area contributed by atoms with Gasteiger partial charge in [0.25, 0.3) is 0 Å². The van der Waals surface area contributed by atoms with Crippen molar-refractivity contribution in [2.24, 2.45) is 0 Å². The highest BCUT2D eigenvalue weighted by molar-refractivity contribution is 7.92. The Labute approximate surface area is 98.5 Å². The van der Waals surface area contributed by atoms with Crippen LogP contribution in [-0.4, -0.2) is 27.2 Å². The van der Waals surface area contributed by atoms with E-state index in [0.717, 1.165) is 11.3 Å². The average molecular weight is 263 g/mol. The third kappa shape index (κ3) is 3.21. The van der Waals surface area contributed by atoms with Crippen LogP contribution in [0.5, 0.6) is 0 Å². The molecule has 0 unspecified atom stereocenters. The first-order valence-corrected chi connectivity index (χ1v) is 7.19. The Kier molecular flexibility index (Phi) is 4.31. The number of ether oxygens (including phenoxy) is 1. The van der Waals surface area contributed by atoms with Crippen molar-refractivity contribution in [3.8, 4) is 0 Å². The maximum atomic E-state index is 11.5. The lowest BCUT2D eigenvalue weighted by molar-refractivity contribution is 0.0607. The Hall–Kier alpha value is -1.08. The second-order valence-corrected chi connectivity index (χ2v) is 5.83. The Morgan fingerprint density at radius 1 is 1.56 bits per heavy atom. The number of carbonyl (C=O) groups excluding carboxylic acids is 1. The van der Waals surface area contributed by atoms with Crippen molar-refractivity contribution < 1.29 is 17.9 Å². The van der Waals surface area contributed by atoms with Gasteiger partial charge in [0.15, 0.2) is 0 Å². The van der Waals surface area contributed by atoms with E-state index in [4.69, 9.17) is 0 Å². The van der Waals surface area contributed by atoms with Gasteiger partial charge in [-0.05, 0) is 17.9 Å². The quantitative estimate of drug-likeness (QED) is 0.820. The van der Waals surface area contributed by atoms with Crippen molar-refractivity contribution in [1.29, 1.82) is 0 Å². The van der Waals surface area contributed by atoms with E-state index in [9.17, 15) is 13.2 Å². The summed E-state index contributed by atoms with van der Waals surface area (Å²) < 4.78 is 29.9. The second kappa shape index (κ2) is 5.31. The molecule has 90 valence electrons. The van der Waals surface area contributed by atoms with Crippen LogP contribution >= 0.6 is 11.3 Å². The summed E-state index contributed by atoms with van der Waals surface area (Å²) in [5, 5.41) is 1.63. The van der Waals surface area contributed by atoms with Gasteiger partial charge in [-0.15, -0.1) is 11.3 Å². The zero-order valence-electron chi connectivity index (χ0n) is 9.02. The molecule has 0 aliphatic rings. The Morgan fingerprint density at radius 3 is 2.81 bits per heavy atom. The topological polar surface area (TPSA) is 72.5 Å². The van der Waals surface area contributed by atoms with Crippen LogP contribution in [0.3, 0.4) is 0 Å². The lowest BCUT2D eigenvalue weighted by Crippen LogP contribution is -2.17. The van der Waals surface area contributed by atoms with E-state index in [-0.39, 0.29) is 16.3 Å². The fourth-order valence-electron chi connectivity index (χ4n) is 1.13. The molecule has 5 nitrogen and oxygen atoms in total. The number of rotatable bonds is 5. The summed E-state index contributed by atoms with van der Waals surface area (Å²) in [6.07, 6.45) is 0.521. The summed E-state index contributed by atoms with van der Waals surface area (Å²) in [4.78, 5) is 11.6. The number of anilines is 1. The van der Waals surface area contributed by atoms with E-state index in [1.54, 1.807) is 18.4 Å². The van der Waals surface area contributed by atoms with E-state index in [1.807, 2.05) is 0 Å². The zero-order chi connectivity index (χ0) is 12.2. The predicted octanol–water partition coefficient (Wildman–Crippen LogP) is 1.69. The molecule has 0 saturated carbocycles. The minimum atomic E-state index is -3.37. The smallest absolute Gasteiger partial charge is 0.350 e. The highest BCUT2D eigenvalue weighted by Gasteiger charge is 2.17. The van der Waals surface area contributed by atoms with Gasteiger partial charge in [0, 0.05) is 0 Å². The van der Waals surface area contributed by atoms with Crippen molar-refractivity contribution in [1.82, 2.24) is 0 Å². The third-order valence-corrected chi connectivity index (χ3v) is 4.15. The zero-order valence-corrected chi connectivity index (χ0v) is 10.7. The highest BCUT2D eigenvalue weighted by Crippen LogP contribution is 2.24. The maximum absolute atomic E-state index is 11.5. The van der Waals surface area contributed by atoms with Crippen LogP contribution in [0.25, 0.3) is 0 Å². The van der Waals surface area contributed by atoms with Gasteiger partial charge in [0.2, 0.25) is 10.0 Å². The molecule has 0 aliphatic carbocycles. The van der Waals surface area contributed by atoms with Crippen LogP contribution in [0.1, 0.15) is 23.0 Å². The molecule has 16 heavy (non-hydrogen) atoms. The SMILES string of the molecule is CCCS(=O)(=O)Nc1ccsc1C(=O)OC. The summed E-state index contributed by atoms with van der Waals surface area (Å²) in [6, 6.07) is 1.55. The molecule has 0 amide bonds. The molecule has 1 N–H and O–H groups in total. The van der Waals surface area contributed by atoms with Crippen molar-refractivity contribution in [2.75, 3.05) is 17.6 Å². The van der Waals surface area contributed by atoms with E-state index in [1.165, 1.54) is 7.11 Å². The lowest BCUT2D eigenvalue weighted by atomic mass is 10.4. The van der Waals surface area contributed by atoms with E-state index in [2.05, 4.69) is 9.46 Å². The molecule has 0 spiro atoms. The number of methoxy groups -OCH3 is 1. The number of sulfonamides is 1. The summed E-state index contributed by atoms with van der Waals surface area (Å²) in [6.45, 7) is 1.77. The van der Waals surface area contributed by atoms with Crippen LogP contribution in [0.15, 0.2) is 11.4 Å². The molecule has 0 bridgehead atoms. The summed E-state index contributed by atoms with van der Waals surface area (Å²) in [7, 11) is -2.11. The Morgan fingerprint density at radius 2 is 2.25 bits per heavy atom. The Bertz CT molecular complexity index is 464. The minimum absolute atomic E-state index is 0.0312. The molecule has 0 atom stereocenters. The first kappa shape index (κ1) is 13.0. The number of nitrogens with one attached hydrogen (secondary N) is 1. The fraction of sp³-hybridized carbons (Fsp3) is 0.444. The molecule has 1 rings (SSSR count). The van der Waals surface area contributed by atoms with Gasteiger partial charge < -0.3 is 4.74 Å². The summed E-state index contributed by atoms with van der Waals surface area (Å²) in [5.41, 5.74) is 0.283. The first-order valence-electron chi connectivity index (χ1n) is 4.66. The van der Waals surface area contributed by atoms with Crippen molar-refractivity contribution in [3.05, 3.63) is 16.3 Å². The van der Waals surface area contributed by atoms with Gasteiger partial charge in [-0.3, -0.25) is 4.72 Å². The average Bonchev–Trinajstić information content (AvgIpc) is 2.63. The minimum Gasteiger partial charge on any atom is -0.465 e. The normalized spacial score (nSPS) is 11.1. The number of thiophene rings is 1. The molecule has 0 radical (unpaired) electrons. The van der Waals surface area contributed by atoms with Gasteiger partial charge in [0.1, 0.15) is 4.88 Å². The van der Waals surface area contributed by atoms with Crippen LogP contribution in [0.2, 0.25) is 0 Å². The maximum Gasteiger partial charge on any atom is 0.350 e. The van der Waals surface area contributed by atoms with Crippen molar-refractivity contribution in [2.45, 2.75) is 13.3 Å². The molecular weight excluding hydrogens is 250 g/mol. The number of hydrogen-bond donors (Lipinski definition) is 1. The van der Waals surface area contributed by atoms with Gasteiger partial charge in [0.05, 0.1) is 18.6 Å². The second-order valence-electron chi connectivity index (χ2n) is 3.08. The molecule has 1 heterocycles. The third-order valence-electron chi connectivity index (χ3n) is 1.77. The fourth-order valence-corrected chi connectivity index (χ4v) is 3.10. The lowest BCUT2D eigenvalue weighted by Gasteiger charge is -2.06. The van der Waals surface area contributed by atoms with Crippen LogP contribution in [-0.2, 0) is 14.8 Å². The van der Waals surface area contributed by atoms with Gasteiger partial charge in [-0.1, -0.05) is 6.92 Å². The number of carbonyl (C=O) groups is 1. The highest BCUT2D eigenvalue weighted by atomic mass is 32.2. The van der Waals surface area contributed by atoms with E-state index in [0.29, 0.717) is 6.42 Å². The van der Waals surface area contributed by atoms with Crippen molar-refractivity contribution >= 4 is 33.0 Å². The molecule has 7 heteroatoms. The number of hydrogen-bond acceptors (Lipinski definition) is 5. The molecule has 0 fully saturated rings. The molecule has 0 aromatic carbocycles. The van der Waals surface area contributed by atoms with E-state index >= 15 is 0 Å². The monoisotopic (exact) mass is 263 g/mol. The predicted molar refractivity (Wildman–Crippen MR) is 63.4 cm³/mol. The van der Waals surface area contributed by atoms with E-state index < -0.39 is 16.0 Å². The molecule has 0 aliphatic heterocycles. The van der Waals surface area contributed by atoms with Gasteiger partial charge in [-0.25, -0.2) is 13.2 Å². The van der Waals surface area contributed by atoms with Crippen LogP contribution in [0, 0.1) is 0 Å². The molecule has 1 aromatic rings. The standard InChI is InChI=1S/C9H13NO4S2/c1-3-6-16(12,13)10-7-4-5-15-8(7)9(11)14-2/h4-5,10H,3,6H2,1-2H3. The van der Waals surface area contributed by atoms with Crippen molar-refractivity contribution in [3.63, 3.8) is 0 Å².